The van der Waals surface area contributed by atoms with Gasteiger partial charge in [-0.3, -0.25) is 9.59 Å². The monoisotopic (exact) mass is 375 g/mol. The zero-order valence-electron chi connectivity index (χ0n) is 15.9. The molecule has 1 aliphatic carbocycles. The highest BCUT2D eigenvalue weighted by Crippen LogP contribution is 2.61. The molecule has 1 saturated heterocycles. The summed E-state index contributed by atoms with van der Waals surface area (Å²) >= 11 is 0. The Kier molecular flexibility index (Phi) is 4.04. The molecule has 2 aliphatic heterocycles. The second kappa shape index (κ2) is 6.47. The standard InChI is InChI=1S/C24H25NO3/c26-21-24(16-17-10-4-3-5-11-17)20(18-12-6-7-13-19(18)25-21)23(28-22(24)27)14-8-1-2-9-15-23/h3-7,10-13,20H,1-2,8-9,14-16H2,(H,25,26)/t20-,24+/m0/s1. The number of hydrogen-bond acceptors (Lipinski definition) is 3. The van der Waals surface area contributed by atoms with Gasteiger partial charge in [0, 0.05) is 5.69 Å². The molecule has 0 bridgehead atoms. The lowest BCUT2D eigenvalue weighted by Gasteiger charge is -2.42. The fourth-order valence-corrected chi connectivity index (χ4v) is 5.66. The Morgan fingerprint density at radius 2 is 1.57 bits per heavy atom. The number of amides is 1. The molecule has 2 fully saturated rings. The van der Waals surface area contributed by atoms with Crippen molar-refractivity contribution < 1.29 is 14.3 Å². The van der Waals surface area contributed by atoms with Gasteiger partial charge in [0.1, 0.15) is 5.60 Å². The summed E-state index contributed by atoms with van der Waals surface area (Å²) in [5, 5.41) is 3.02. The van der Waals surface area contributed by atoms with Crippen LogP contribution in [0.3, 0.4) is 0 Å². The Balaban J connectivity index is 1.71. The van der Waals surface area contributed by atoms with Gasteiger partial charge in [0.05, 0.1) is 5.92 Å². The number of hydrogen-bond donors (Lipinski definition) is 1. The highest BCUT2D eigenvalue weighted by molar-refractivity contribution is 6.14. The van der Waals surface area contributed by atoms with E-state index in [1.807, 2.05) is 48.5 Å². The second-order valence-corrected chi connectivity index (χ2v) is 8.48. The molecule has 0 radical (unpaired) electrons. The summed E-state index contributed by atoms with van der Waals surface area (Å²) < 4.78 is 6.22. The first-order valence-electron chi connectivity index (χ1n) is 10.3. The molecule has 2 atom stereocenters. The number of anilines is 1. The number of carbonyl (C=O) groups is 2. The molecular weight excluding hydrogens is 350 g/mol. The first kappa shape index (κ1) is 17.5. The summed E-state index contributed by atoms with van der Waals surface area (Å²) in [5.74, 6) is -0.808. The first-order valence-corrected chi connectivity index (χ1v) is 10.3. The number of carbonyl (C=O) groups excluding carboxylic acids is 2. The van der Waals surface area contributed by atoms with Crippen molar-refractivity contribution in [1.29, 1.82) is 0 Å². The maximum Gasteiger partial charge on any atom is 0.323 e. The molecule has 1 saturated carbocycles. The topological polar surface area (TPSA) is 55.4 Å². The van der Waals surface area contributed by atoms with E-state index in [4.69, 9.17) is 4.74 Å². The minimum absolute atomic E-state index is 0.217. The van der Waals surface area contributed by atoms with E-state index in [9.17, 15) is 9.59 Å². The molecule has 0 unspecified atom stereocenters. The fraction of sp³-hybridized carbons (Fsp3) is 0.417. The zero-order valence-corrected chi connectivity index (χ0v) is 15.9. The van der Waals surface area contributed by atoms with Crippen LogP contribution < -0.4 is 5.32 Å². The van der Waals surface area contributed by atoms with E-state index in [0.29, 0.717) is 6.42 Å². The van der Waals surface area contributed by atoms with Gasteiger partial charge < -0.3 is 10.1 Å². The Morgan fingerprint density at radius 1 is 0.893 bits per heavy atom. The molecule has 1 amide bonds. The van der Waals surface area contributed by atoms with Gasteiger partial charge in [-0.05, 0) is 49.3 Å². The SMILES string of the molecule is O=C1Nc2ccccc2[C@H]2C3(CCCCCC3)OC(=O)[C@@]12Cc1ccccc1. The Hall–Kier alpha value is -2.62. The van der Waals surface area contributed by atoms with Crippen LogP contribution in [0.5, 0.6) is 0 Å². The van der Waals surface area contributed by atoms with Crippen LogP contribution in [0.15, 0.2) is 54.6 Å². The molecule has 2 heterocycles. The van der Waals surface area contributed by atoms with Gasteiger partial charge in [-0.1, -0.05) is 61.4 Å². The van der Waals surface area contributed by atoms with Crippen LogP contribution in [-0.4, -0.2) is 17.5 Å². The average molecular weight is 375 g/mol. The minimum atomic E-state index is -1.19. The molecule has 1 spiro atoms. The number of rotatable bonds is 2. The van der Waals surface area contributed by atoms with E-state index in [-0.39, 0.29) is 17.8 Å². The molecule has 1 N–H and O–H groups in total. The molecule has 3 aliphatic rings. The molecule has 0 aromatic heterocycles. The maximum atomic E-state index is 13.5. The van der Waals surface area contributed by atoms with Crippen LogP contribution in [0.1, 0.15) is 55.6 Å². The van der Waals surface area contributed by atoms with E-state index < -0.39 is 11.0 Å². The van der Waals surface area contributed by atoms with Crippen molar-refractivity contribution in [2.45, 2.75) is 56.5 Å². The summed E-state index contributed by atoms with van der Waals surface area (Å²) in [6.07, 6.45) is 6.43. The summed E-state index contributed by atoms with van der Waals surface area (Å²) in [6.45, 7) is 0. The maximum absolute atomic E-state index is 13.5. The van der Waals surface area contributed by atoms with Gasteiger partial charge >= 0.3 is 5.97 Å². The lowest BCUT2D eigenvalue weighted by molar-refractivity contribution is -0.156. The first-order chi connectivity index (χ1) is 13.7. The lowest BCUT2D eigenvalue weighted by atomic mass is 9.60. The number of benzene rings is 2. The summed E-state index contributed by atoms with van der Waals surface area (Å²) in [6, 6.07) is 17.8. The van der Waals surface area contributed by atoms with Crippen molar-refractivity contribution in [3.05, 3.63) is 65.7 Å². The molecule has 4 heteroatoms. The van der Waals surface area contributed by atoms with Crippen molar-refractivity contribution >= 4 is 17.6 Å². The van der Waals surface area contributed by atoms with Gasteiger partial charge in [-0.2, -0.15) is 0 Å². The third kappa shape index (κ3) is 2.43. The second-order valence-electron chi connectivity index (χ2n) is 8.48. The quantitative estimate of drug-likeness (QED) is 0.616. The Morgan fingerprint density at radius 3 is 2.32 bits per heavy atom. The van der Waals surface area contributed by atoms with Gasteiger partial charge in [0.25, 0.3) is 0 Å². The number of para-hydroxylation sites is 1. The third-order valence-corrected chi connectivity index (χ3v) is 6.88. The van der Waals surface area contributed by atoms with Gasteiger partial charge in [-0.15, -0.1) is 0 Å². The van der Waals surface area contributed by atoms with Crippen molar-refractivity contribution in [2.75, 3.05) is 5.32 Å². The van der Waals surface area contributed by atoms with Gasteiger partial charge in [0.2, 0.25) is 5.91 Å². The van der Waals surface area contributed by atoms with Crippen LogP contribution in [0, 0.1) is 5.41 Å². The number of esters is 1. The van der Waals surface area contributed by atoms with Crippen LogP contribution in [0.4, 0.5) is 5.69 Å². The van der Waals surface area contributed by atoms with Crippen LogP contribution in [0.2, 0.25) is 0 Å². The Labute approximate surface area is 165 Å². The van der Waals surface area contributed by atoms with E-state index in [1.54, 1.807) is 0 Å². The Bertz CT molecular complexity index is 914. The normalized spacial score (nSPS) is 28.1. The molecule has 5 rings (SSSR count). The fourth-order valence-electron chi connectivity index (χ4n) is 5.66. The molecule has 2 aromatic rings. The predicted molar refractivity (Wildman–Crippen MR) is 107 cm³/mol. The van der Waals surface area contributed by atoms with Crippen LogP contribution in [0.25, 0.3) is 0 Å². The van der Waals surface area contributed by atoms with E-state index in [0.717, 1.165) is 55.3 Å². The summed E-state index contributed by atoms with van der Waals surface area (Å²) in [4.78, 5) is 26.9. The van der Waals surface area contributed by atoms with Crippen molar-refractivity contribution in [3.8, 4) is 0 Å². The molecule has 144 valence electrons. The predicted octanol–water partition coefficient (Wildman–Crippen LogP) is 4.60. The summed E-state index contributed by atoms with van der Waals surface area (Å²) in [7, 11) is 0. The molecular formula is C24H25NO3. The number of ether oxygens (including phenoxy) is 1. The van der Waals surface area contributed by atoms with Crippen LogP contribution in [-0.2, 0) is 20.7 Å². The minimum Gasteiger partial charge on any atom is -0.458 e. The van der Waals surface area contributed by atoms with Crippen molar-refractivity contribution in [2.24, 2.45) is 5.41 Å². The van der Waals surface area contributed by atoms with E-state index in [1.165, 1.54) is 0 Å². The molecule has 4 nitrogen and oxygen atoms in total. The highest BCUT2D eigenvalue weighted by Gasteiger charge is 2.70. The van der Waals surface area contributed by atoms with Crippen LogP contribution >= 0.6 is 0 Å². The third-order valence-electron chi connectivity index (χ3n) is 6.88. The van der Waals surface area contributed by atoms with Gasteiger partial charge in [-0.25, -0.2) is 0 Å². The van der Waals surface area contributed by atoms with Crippen molar-refractivity contribution in [3.63, 3.8) is 0 Å². The lowest BCUT2D eigenvalue weighted by Crippen LogP contribution is -2.51. The number of fused-ring (bicyclic) bond motifs is 4. The smallest absolute Gasteiger partial charge is 0.323 e. The number of nitrogens with one attached hydrogen (secondary N) is 1. The van der Waals surface area contributed by atoms with E-state index in [2.05, 4.69) is 11.4 Å². The summed E-state index contributed by atoms with van der Waals surface area (Å²) in [5.41, 5.74) is 1.09. The average Bonchev–Trinajstić information content (AvgIpc) is 2.84. The van der Waals surface area contributed by atoms with Crippen molar-refractivity contribution in [1.82, 2.24) is 0 Å². The van der Waals surface area contributed by atoms with E-state index >= 15 is 0 Å². The van der Waals surface area contributed by atoms with Gasteiger partial charge in [0.15, 0.2) is 5.41 Å². The highest BCUT2D eigenvalue weighted by atomic mass is 16.6. The molecule has 28 heavy (non-hydrogen) atoms. The molecule has 2 aromatic carbocycles. The zero-order chi connectivity index (χ0) is 19.2. The largest absolute Gasteiger partial charge is 0.458 e.